The monoisotopic (exact) mass is 249 g/mol. The van der Waals surface area contributed by atoms with Crippen molar-refractivity contribution in [2.24, 2.45) is 0 Å². The molecule has 17 heavy (non-hydrogen) atoms. The van der Waals surface area contributed by atoms with Crippen molar-refractivity contribution < 1.29 is 19.4 Å². The summed E-state index contributed by atoms with van der Waals surface area (Å²) in [6, 6.07) is -0.380. The Morgan fingerprint density at radius 1 is 1.29 bits per heavy atom. The topological polar surface area (TPSA) is 66.8 Å². The van der Waals surface area contributed by atoms with Crippen molar-refractivity contribution in [1.29, 1.82) is 0 Å². The Labute approximate surface area is 105 Å². The Hall–Kier alpha value is -1.10. The van der Waals surface area contributed by atoms with Crippen LogP contribution in [0.1, 0.15) is 41.5 Å². The zero-order chi connectivity index (χ0) is 14.6. The molecule has 1 N–H and O–H groups in total. The van der Waals surface area contributed by atoms with E-state index in [1.54, 1.807) is 25.9 Å². The maximum atomic E-state index is 10.1. The lowest BCUT2D eigenvalue weighted by atomic mass is 10.2. The molecule has 0 heterocycles. The van der Waals surface area contributed by atoms with Crippen LogP contribution in [0.4, 0.5) is 0 Å². The molecule has 0 bridgehead atoms. The smallest absolute Gasteiger partial charge is 0.320 e. The molecule has 0 unspecified atom stereocenters. The van der Waals surface area contributed by atoms with E-state index in [1.165, 1.54) is 0 Å². The van der Waals surface area contributed by atoms with Gasteiger partial charge in [-0.3, -0.25) is 14.5 Å². The highest BCUT2D eigenvalue weighted by Gasteiger charge is 2.11. The Morgan fingerprint density at radius 2 is 1.65 bits per heavy atom. The first-order valence-electron chi connectivity index (χ1n) is 5.62. The minimum atomic E-state index is -0.782. The number of carbonyl (C=O) groups is 2. The van der Waals surface area contributed by atoms with Gasteiger partial charge in [0.25, 0.3) is 6.47 Å². The standard InChI is InChI=1S/C5H11NO2.C5H10O2.C2H6/c1-4(5(7)8)6(2)3;1-5(2,3)7-4-6;1-2/h4H,1-3H3,(H,7,8);4H,1-3H3;1-2H3/t4-;;/m0../s1. The number of hydrogen-bond acceptors (Lipinski definition) is 4. The Kier molecular flexibility index (Phi) is 14.2. The fourth-order valence-electron chi connectivity index (χ4n) is 0.365. The number of ether oxygens (including phenoxy) is 1. The van der Waals surface area contributed by atoms with Crippen LogP contribution in [0, 0.1) is 0 Å². The lowest BCUT2D eigenvalue weighted by Gasteiger charge is -2.14. The predicted octanol–water partition coefficient (Wildman–Crippen LogP) is 2.01. The lowest BCUT2D eigenvalue weighted by Crippen LogP contribution is -2.32. The van der Waals surface area contributed by atoms with Gasteiger partial charge in [0.1, 0.15) is 11.6 Å². The molecule has 0 aliphatic heterocycles. The highest BCUT2D eigenvalue weighted by atomic mass is 16.5. The average molecular weight is 249 g/mol. The molecule has 0 radical (unpaired) electrons. The number of nitrogens with zero attached hydrogens (tertiary/aromatic N) is 1. The molecule has 0 aromatic carbocycles. The van der Waals surface area contributed by atoms with Crippen LogP contribution in [0.5, 0.6) is 0 Å². The number of carbonyl (C=O) groups excluding carboxylic acids is 1. The van der Waals surface area contributed by atoms with E-state index in [0.717, 1.165) is 0 Å². The van der Waals surface area contributed by atoms with E-state index in [-0.39, 0.29) is 11.6 Å². The van der Waals surface area contributed by atoms with Crippen LogP contribution in [-0.2, 0) is 14.3 Å². The van der Waals surface area contributed by atoms with Crippen molar-refractivity contribution in [3.63, 3.8) is 0 Å². The van der Waals surface area contributed by atoms with Gasteiger partial charge in [0.05, 0.1) is 0 Å². The second kappa shape index (κ2) is 11.4. The van der Waals surface area contributed by atoms with E-state index < -0.39 is 5.97 Å². The average Bonchev–Trinajstić information content (AvgIpc) is 2.18. The summed E-state index contributed by atoms with van der Waals surface area (Å²) in [4.78, 5) is 21.3. The molecule has 5 nitrogen and oxygen atoms in total. The highest BCUT2D eigenvalue weighted by molar-refractivity contribution is 5.72. The largest absolute Gasteiger partial charge is 0.480 e. The third-order valence-corrected chi connectivity index (χ3v) is 1.53. The fourth-order valence-corrected chi connectivity index (χ4v) is 0.365. The van der Waals surface area contributed by atoms with Gasteiger partial charge < -0.3 is 9.84 Å². The zero-order valence-corrected chi connectivity index (χ0v) is 12.3. The van der Waals surface area contributed by atoms with Gasteiger partial charge in [-0.2, -0.15) is 0 Å². The summed E-state index contributed by atoms with van der Waals surface area (Å²) in [5, 5.41) is 8.31. The number of carboxylic acids is 1. The fraction of sp³-hybridized carbons (Fsp3) is 0.833. The number of hydrogen-bond donors (Lipinski definition) is 1. The summed E-state index contributed by atoms with van der Waals surface area (Å²) >= 11 is 0. The Bertz CT molecular complexity index is 197. The number of rotatable bonds is 3. The van der Waals surface area contributed by atoms with E-state index in [0.29, 0.717) is 6.47 Å². The maximum absolute atomic E-state index is 10.1. The minimum absolute atomic E-state index is 0.318. The van der Waals surface area contributed by atoms with E-state index in [4.69, 9.17) is 5.11 Å². The van der Waals surface area contributed by atoms with E-state index in [9.17, 15) is 9.59 Å². The SMILES string of the molecule is CC.CC(C)(C)OC=O.C[C@@H](C(=O)O)N(C)C. The molecule has 0 aliphatic rings. The van der Waals surface area contributed by atoms with Gasteiger partial charge in [-0.25, -0.2) is 0 Å². The third-order valence-electron chi connectivity index (χ3n) is 1.53. The van der Waals surface area contributed by atoms with E-state index in [1.807, 2.05) is 34.6 Å². The molecule has 0 aliphatic carbocycles. The molecule has 0 aromatic rings. The molecule has 104 valence electrons. The molecule has 5 heteroatoms. The van der Waals surface area contributed by atoms with Crippen molar-refractivity contribution in [2.45, 2.75) is 53.2 Å². The summed E-state index contributed by atoms with van der Waals surface area (Å²) in [5.74, 6) is -0.782. The molecule has 0 spiro atoms. The summed E-state index contributed by atoms with van der Waals surface area (Å²) in [6.07, 6.45) is 0. The van der Waals surface area contributed by atoms with Gasteiger partial charge >= 0.3 is 5.97 Å². The first-order chi connectivity index (χ1) is 7.61. The first kappa shape index (κ1) is 21.2. The second-order valence-corrected chi connectivity index (χ2v) is 4.30. The van der Waals surface area contributed by atoms with Crippen LogP contribution in [0.15, 0.2) is 0 Å². The summed E-state index contributed by atoms with van der Waals surface area (Å²) in [7, 11) is 3.47. The Morgan fingerprint density at radius 3 is 1.65 bits per heavy atom. The van der Waals surface area contributed by atoms with Crippen molar-refractivity contribution in [2.75, 3.05) is 14.1 Å². The van der Waals surface area contributed by atoms with Crippen LogP contribution in [0.25, 0.3) is 0 Å². The van der Waals surface area contributed by atoms with Crippen LogP contribution in [0.3, 0.4) is 0 Å². The van der Waals surface area contributed by atoms with E-state index in [2.05, 4.69) is 4.74 Å². The molecule has 0 rings (SSSR count). The number of likely N-dealkylation sites (N-methyl/N-ethyl adjacent to an activating group) is 1. The molecule has 0 saturated carbocycles. The lowest BCUT2D eigenvalue weighted by molar-refractivity contribution is -0.141. The molecular weight excluding hydrogens is 222 g/mol. The van der Waals surface area contributed by atoms with Gasteiger partial charge in [0, 0.05) is 0 Å². The van der Waals surface area contributed by atoms with Gasteiger partial charge in [-0.15, -0.1) is 0 Å². The molecule has 1 atom stereocenters. The molecule has 0 fully saturated rings. The Balaban J connectivity index is -0.000000202. The van der Waals surface area contributed by atoms with Crippen LogP contribution >= 0.6 is 0 Å². The summed E-state index contributed by atoms with van der Waals surface area (Å²) in [6.45, 7) is 11.6. The van der Waals surface area contributed by atoms with Gasteiger partial charge in [0.2, 0.25) is 0 Å². The quantitative estimate of drug-likeness (QED) is 0.775. The third kappa shape index (κ3) is 20.9. The van der Waals surface area contributed by atoms with Crippen LogP contribution < -0.4 is 0 Å². The van der Waals surface area contributed by atoms with Crippen molar-refractivity contribution in [1.82, 2.24) is 4.90 Å². The highest BCUT2D eigenvalue weighted by Crippen LogP contribution is 2.02. The summed E-state index contributed by atoms with van der Waals surface area (Å²) < 4.78 is 4.55. The minimum Gasteiger partial charge on any atom is -0.480 e. The first-order valence-corrected chi connectivity index (χ1v) is 5.62. The van der Waals surface area contributed by atoms with Crippen molar-refractivity contribution in [3.05, 3.63) is 0 Å². The van der Waals surface area contributed by atoms with Crippen LogP contribution in [0.2, 0.25) is 0 Å². The molecule has 0 saturated heterocycles. The zero-order valence-electron chi connectivity index (χ0n) is 12.3. The normalized spacial score (nSPS) is 11.4. The van der Waals surface area contributed by atoms with Gasteiger partial charge in [-0.1, -0.05) is 13.8 Å². The van der Waals surface area contributed by atoms with Crippen LogP contribution in [-0.4, -0.2) is 48.2 Å². The molecular formula is C12H27NO4. The van der Waals surface area contributed by atoms with Crippen molar-refractivity contribution in [3.8, 4) is 0 Å². The number of aliphatic carboxylic acids is 1. The van der Waals surface area contributed by atoms with Crippen molar-refractivity contribution >= 4 is 12.4 Å². The van der Waals surface area contributed by atoms with Gasteiger partial charge in [0.15, 0.2) is 0 Å². The number of carboxylic acid groups (broad SMARTS) is 1. The second-order valence-electron chi connectivity index (χ2n) is 4.30. The van der Waals surface area contributed by atoms with E-state index >= 15 is 0 Å². The molecule has 0 aromatic heterocycles. The predicted molar refractivity (Wildman–Crippen MR) is 69.0 cm³/mol. The maximum Gasteiger partial charge on any atom is 0.320 e. The molecule has 0 amide bonds. The van der Waals surface area contributed by atoms with Gasteiger partial charge in [-0.05, 0) is 41.8 Å². The summed E-state index contributed by atoms with van der Waals surface area (Å²) in [5.41, 5.74) is -0.318.